The zero-order valence-electron chi connectivity index (χ0n) is 8.50. The molecule has 0 heterocycles. The maximum atomic E-state index is 9.29. The first-order valence-corrected chi connectivity index (χ1v) is 5.57. The summed E-state index contributed by atoms with van der Waals surface area (Å²) in [6.07, 6.45) is 6.80. The van der Waals surface area contributed by atoms with Crippen LogP contribution in [0.3, 0.4) is 0 Å². The number of hydrogen-bond donors (Lipinski definition) is 2. The van der Waals surface area contributed by atoms with Gasteiger partial charge in [-0.1, -0.05) is 19.8 Å². The van der Waals surface area contributed by atoms with Crippen molar-refractivity contribution in [3.8, 4) is 0 Å². The number of hydrogen-bond acceptors (Lipinski definition) is 2. The Hall–Kier alpha value is -0.0800. The molecule has 13 heavy (non-hydrogen) atoms. The van der Waals surface area contributed by atoms with Gasteiger partial charge in [0.15, 0.2) is 0 Å². The molecule has 0 saturated heterocycles. The highest BCUT2D eigenvalue weighted by Gasteiger charge is 2.46. The Balaban J connectivity index is 1.88. The topological polar surface area (TPSA) is 46.2 Å². The van der Waals surface area contributed by atoms with Crippen molar-refractivity contribution in [2.24, 2.45) is 17.6 Å². The Morgan fingerprint density at radius 3 is 2.15 bits per heavy atom. The summed E-state index contributed by atoms with van der Waals surface area (Å²) in [6, 6.07) is 0. The fraction of sp³-hybridized carbons (Fsp3) is 1.00. The van der Waals surface area contributed by atoms with Gasteiger partial charge in [-0.3, -0.25) is 0 Å². The van der Waals surface area contributed by atoms with E-state index in [9.17, 15) is 5.11 Å². The highest BCUT2D eigenvalue weighted by Crippen LogP contribution is 2.44. The van der Waals surface area contributed by atoms with Crippen molar-refractivity contribution < 1.29 is 5.11 Å². The molecule has 0 aromatic heterocycles. The third kappa shape index (κ3) is 1.75. The lowest BCUT2D eigenvalue weighted by Crippen LogP contribution is -2.59. The lowest BCUT2D eigenvalue weighted by Gasteiger charge is -2.49. The molecule has 0 bridgehead atoms. The van der Waals surface area contributed by atoms with Crippen LogP contribution in [0.25, 0.3) is 0 Å². The van der Waals surface area contributed by atoms with Gasteiger partial charge < -0.3 is 10.8 Å². The van der Waals surface area contributed by atoms with Gasteiger partial charge in [-0.05, 0) is 37.5 Å². The van der Waals surface area contributed by atoms with Crippen molar-refractivity contribution in [2.45, 2.75) is 57.1 Å². The minimum atomic E-state index is -0.107. The second-order valence-electron chi connectivity index (χ2n) is 5.25. The summed E-state index contributed by atoms with van der Waals surface area (Å²) in [7, 11) is 0. The van der Waals surface area contributed by atoms with E-state index in [1.807, 2.05) is 0 Å². The minimum absolute atomic E-state index is 0.000440. The van der Waals surface area contributed by atoms with Gasteiger partial charge in [-0.2, -0.15) is 0 Å². The second-order valence-corrected chi connectivity index (χ2v) is 5.25. The Kier molecular flexibility index (Phi) is 2.37. The molecule has 2 heteroatoms. The fourth-order valence-corrected chi connectivity index (χ4v) is 2.99. The summed E-state index contributed by atoms with van der Waals surface area (Å²) in [4.78, 5) is 0. The summed E-state index contributed by atoms with van der Waals surface area (Å²) in [5.74, 6) is 1.58. The standard InChI is InChI=1S/C11H21NO/c1-8-2-4-9(5-3-8)11(12)6-10(13)7-11/h8-10,13H,2-7,12H2,1H3. The van der Waals surface area contributed by atoms with E-state index < -0.39 is 0 Å². The van der Waals surface area contributed by atoms with Crippen LogP contribution in [0.1, 0.15) is 45.4 Å². The second kappa shape index (κ2) is 3.25. The minimum Gasteiger partial charge on any atom is -0.393 e. The van der Waals surface area contributed by atoms with E-state index >= 15 is 0 Å². The van der Waals surface area contributed by atoms with Crippen molar-refractivity contribution in [3.05, 3.63) is 0 Å². The van der Waals surface area contributed by atoms with Crippen molar-refractivity contribution >= 4 is 0 Å². The van der Waals surface area contributed by atoms with E-state index in [0.717, 1.165) is 18.8 Å². The van der Waals surface area contributed by atoms with Gasteiger partial charge in [-0.25, -0.2) is 0 Å². The first-order chi connectivity index (χ1) is 6.10. The van der Waals surface area contributed by atoms with Crippen LogP contribution in [0.4, 0.5) is 0 Å². The van der Waals surface area contributed by atoms with E-state index in [4.69, 9.17) is 5.73 Å². The van der Waals surface area contributed by atoms with Crippen LogP contribution in [0, 0.1) is 11.8 Å². The first-order valence-electron chi connectivity index (χ1n) is 5.57. The summed E-state index contributed by atoms with van der Waals surface area (Å²) >= 11 is 0. The number of nitrogens with two attached hydrogens (primary N) is 1. The predicted octanol–water partition coefficient (Wildman–Crippen LogP) is 1.66. The Morgan fingerprint density at radius 2 is 1.69 bits per heavy atom. The normalized spacial score (nSPS) is 51.5. The molecule has 0 unspecified atom stereocenters. The van der Waals surface area contributed by atoms with Crippen LogP contribution < -0.4 is 5.73 Å². The number of aliphatic hydroxyl groups excluding tert-OH is 1. The predicted molar refractivity (Wildman–Crippen MR) is 53.3 cm³/mol. The van der Waals surface area contributed by atoms with Crippen LogP contribution >= 0.6 is 0 Å². The molecule has 0 aliphatic heterocycles. The quantitative estimate of drug-likeness (QED) is 0.649. The van der Waals surface area contributed by atoms with Crippen molar-refractivity contribution in [1.82, 2.24) is 0 Å². The molecule has 76 valence electrons. The molecule has 3 N–H and O–H groups in total. The van der Waals surface area contributed by atoms with Gasteiger partial charge in [0.2, 0.25) is 0 Å². The molecule has 2 fully saturated rings. The van der Waals surface area contributed by atoms with Crippen molar-refractivity contribution in [1.29, 1.82) is 0 Å². The van der Waals surface area contributed by atoms with Crippen LogP contribution in [-0.2, 0) is 0 Å². The molecule has 2 aliphatic rings. The Morgan fingerprint density at radius 1 is 1.15 bits per heavy atom. The van der Waals surface area contributed by atoms with E-state index in [1.54, 1.807) is 0 Å². The van der Waals surface area contributed by atoms with E-state index in [2.05, 4.69) is 6.92 Å². The van der Waals surface area contributed by atoms with Gasteiger partial charge in [0.1, 0.15) is 0 Å². The zero-order chi connectivity index (χ0) is 9.47. The molecular weight excluding hydrogens is 162 g/mol. The third-order valence-corrected chi connectivity index (χ3v) is 4.06. The lowest BCUT2D eigenvalue weighted by molar-refractivity contribution is -0.0206. The fourth-order valence-electron chi connectivity index (χ4n) is 2.99. The summed E-state index contributed by atoms with van der Waals surface area (Å²) in [5.41, 5.74) is 6.25. The summed E-state index contributed by atoms with van der Waals surface area (Å²) < 4.78 is 0. The molecule has 0 amide bonds. The van der Waals surface area contributed by atoms with Crippen molar-refractivity contribution in [3.63, 3.8) is 0 Å². The van der Waals surface area contributed by atoms with Gasteiger partial charge in [0.25, 0.3) is 0 Å². The molecule has 0 aromatic rings. The van der Waals surface area contributed by atoms with Gasteiger partial charge in [-0.15, -0.1) is 0 Å². The molecule has 2 nitrogen and oxygen atoms in total. The van der Waals surface area contributed by atoms with Gasteiger partial charge in [0.05, 0.1) is 6.10 Å². The maximum Gasteiger partial charge on any atom is 0.0575 e. The first kappa shape index (κ1) is 9.47. The number of rotatable bonds is 1. The molecule has 0 radical (unpaired) electrons. The summed E-state index contributed by atoms with van der Waals surface area (Å²) in [5, 5.41) is 9.29. The van der Waals surface area contributed by atoms with Crippen molar-refractivity contribution in [2.75, 3.05) is 0 Å². The van der Waals surface area contributed by atoms with Gasteiger partial charge >= 0.3 is 0 Å². The Labute approximate surface area is 80.5 Å². The molecule has 0 aromatic carbocycles. The molecule has 2 saturated carbocycles. The largest absolute Gasteiger partial charge is 0.393 e. The lowest BCUT2D eigenvalue weighted by atomic mass is 9.62. The molecular formula is C11H21NO. The van der Waals surface area contributed by atoms with Crippen LogP contribution in [0.5, 0.6) is 0 Å². The van der Waals surface area contributed by atoms with E-state index in [0.29, 0.717) is 5.92 Å². The van der Waals surface area contributed by atoms with E-state index in [1.165, 1.54) is 25.7 Å². The van der Waals surface area contributed by atoms with Crippen LogP contribution in [0.2, 0.25) is 0 Å². The number of aliphatic hydroxyl groups is 1. The molecule has 0 spiro atoms. The highest BCUT2D eigenvalue weighted by atomic mass is 16.3. The molecule has 0 atom stereocenters. The monoisotopic (exact) mass is 183 g/mol. The SMILES string of the molecule is CC1CCC(C2(N)CC(O)C2)CC1. The zero-order valence-corrected chi connectivity index (χ0v) is 8.50. The van der Waals surface area contributed by atoms with Crippen LogP contribution in [-0.4, -0.2) is 16.7 Å². The average Bonchev–Trinajstić information content (AvgIpc) is 2.03. The Bertz CT molecular complexity index is 179. The summed E-state index contributed by atoms with van der Waals surface area (Å²) in [6.45, 7) is 2.33. The van der Waals surface area contributed by atoms with Gasteiger partial charge in [0, 0.05) is 5.54 Å². The smallest absolute Gasteiger partial charge is 0.0575 e. The van der Waals surface area contributed by atoms with Crippen LogP contribution in [0.15, 0.2) is 0 Å². The highest BCUT2D eigenvalue weighted by molar-refractivity contribution is 5.03. The maximum absolute atomic E-state index is 9.29. The molecule has 2 aliphatic carbocycles. The average molecular weight is 183 g/mol. The third-order valence-electron chi connectivity index (χ3n) is 4.06. The van der Waals surface area contributed by atoms with E-state index in [-0.39, 0.29) is 11.6 Å². The molecule has 2 rings (SSSR count).